The second-order valence-corrected chi connectivity index (χ2v) is 8.24. The Bertz CT molecular complexity index is 497. The number of fused-ring (bicyclic) bond motifs is 2. The van der Waals surface area contributed by atoms with Crippen molar-refractivity contribution < 1.29 is 14.3 Å². The van der Waals surface area contributed by atoms with Crippen LogP contribution in [0.3, 0.4) is 0 Å². The molecule has 0 amide bonds. The van der Waals surface area contributed by atoms with Gasteiger partial charge in [0, 0.05) is 24.8 Å². The lowest BCUT2D eigenvalue weighted by molar-refractivity contribution is -0.182. The third kappa shape index (κ3) is 3.28. The molecule has 3 aliphatic rings. The van der Waals surface area contributed by atoms with Gasteiger partial charge >= 0.3 is 5.97 Å². The Morgan fingerprint density at radius 1 is 1.33 bits per heavy atom. The second kappa shape index (κ2) is 7.17. The van der Waals surface area contributed by atoms with Crippen LogP contribution in [0.2, 0.25) is 0 Å². The van der Waals surface area contributed by atoms with E-state index in [1.54, 1.807) is 0 Å². The van der Waals surface area contributed by atoms with E-state index < -0.39 is 0 Å². The van der Waals surface area contributed by atoms with Crippen molar-refractivity contribution in [2.75, 3.05) is 32.8 Å². The maximum absolute atomic E-state index is 11.4. The van der Waals surface area contributed by atoms with Crippen LogP contribution in [-0.4, -0.2) is 49.8 Å². The van der Waals surface area contributed by atoms with Crippen LogP contribution in [0.1, 0.15) is 47.0 Å². The predicted octanol–water partition coefficient (Wildman–Crippen LogP) is 3.27. The first-order valence-electron chi connectivity index (χ1n) is 9.59. The Labute approximate surface area is 146 Å². The molecule has 0 spiro atoms. The summed E-state index contributed by atoms with van der Waals surface area (Å²) in [7, 11) is 0. The van der Waals surface area contributed by atoms with Crippen molar-refractivity contribution in [3.8, 4) is 0 Å². The highest BCUT2D eigenvalue weighted by Crippen LogP contribution is 2.52. The topological polar surface area (TPSA) is 38.8 Å². The van der Waals surface area contributed by atoms with Gasteiger partial charge in [0.1, 0.15) is 0 Å². The number of carbonyl (C=O) groups excluding carboxylic acids is 1. The smallest absolute Gasteiger partial charge is 0.302 e. The number of carbonyl (C=O) groups is 1. The fourth-order valence-corrected chi connectivity index (χ4v) is 5.19. The molecule has 0 aromatic carbocycles. The molecule has 2 heterocycles. The van der Waals surface area contributed by atoms with Crippen LogP contribution in [0.25, 0.3) is 0 Å². The first-order chi connectivity index (χ1) is 11.4. The van der Waals surface area contributed by atoms with Crippen LogP contribution in [0, 0.1) is 23.2 Å². The van der Waals surface area contributed by atoms with E-state index in [1.807, 2.05) is 0 Å². The molecule has 24 heavy (non-hydrogen) atoms. The van der Waals surface area contributed by atoms with Gasteiger partial charge in [0.25, 0.3) is 0 Å². The van der Waals surface area contributed by atoms with Crippen LogP contribution < -0.4 is 0 Å². The molecule has 2 saturated heterocycles. The fraction of sp³-hybridized carbons (Fsp3) is 0.850. The number of nitrogens with zero attached hydrogens (tertiary/aromatic N) is 1. The standard InChI is InChI=1S/C20H33NO3/c1-14-10-15(2)20(12-23-17(4)22)13-24-18(19(14)16(20)3)11-21-8-6-5-7-9-21/h10,15-16,18-19H,5-9,11-13H2,1-4H3/t15-,16+,18-,19-,20-/m0/s1. The van der Waals surface area contributed by atoms with Crippen molar-refractivity contribution >= 4 is 5.97 Å². The van der Waals surface area contributed by atoms with E-state index in [1.165, 1.54) is 44.8 Å². The summed E-state index contributed by atoms with van der Waals surface area (Å²) in [6.45, 7) is 13.0. The van der Waals surface area contributed by atoms with Gasteiger partial charge in [-0.1, -0.05) is 31.9 Å². The molecule has 0 N–H and O–H groups in total. The summed E-state index contributed by atoms with van der Waals surface area (Å²) >= 11 is 0. The summed E-state index contributed by atoms with van der Waals surface area (Å²) in [6.07, 6.45) is 6.67. The molecule has 136 valence electrons. The van der Waals surface area contributed by atoms with E-state index in [0.29, 0.717) is 31.0 Å². The zero-order chi connectivity index (χ0) is 17.3. The SMILES string of the molecule is CC(=O)OC[C@]12CO[C@@H](CN3CCCCC3)[C@@H](C(C)=C[C@@H]1C)[C@H]2C. The Morgan fingerprint density at radius 2 is 2.04 bits per heavy atom. The Hall–Kier alpha value is -0.870. The predicted molar refractivity (Wildman–Crippen MR) is 94.7 cm³/mol. The minimum atomic E-state index is -0.193. The molecule has 4 heteroatoms. The molecule has 0 aromatic rings. The maximum Gasteiger partial charge on any atom is 0.302 e. The Kier molecular flexibility index (Phi) is 5.36. The number of esters is 1. The van der Waals surface area contributed by atoms with Crippen molar-refractivity contribution in [2.45, 2.75) is 53.1 Å². The summed E-state index contributed by atoms with van der Waals surface area (Å²) < 4.78 is 11.9. The van der Waals surface area contributed by atoms with Gasteiger partial charge in [0.05, 0.1) is 19.3 Å². The molecule has 4 nitrogen and oxygen atoms in total. The van der Waals surface area contributed by atoms with Gasteiger partial charge in [-0.3, -0.25) is 4.79 Å². The zero-order valence-corrected chi connectivity index (χ0v) is 15.7. The first kappa shape index (κ1) is 17.9. The molecule has 2 bridgehead atoms. The van der Waals surface area contributed by atoms with Crippen molar-refractivity contribution in [1.29, 1.82) is 0 Å². The number of likely N-dealkylation sites (tertiary alicyclic amines) is 1. The first-order valence-corrected chi connectivity index (χ1v) is 9.59. The minimum Gasteiger partial charge on any atom is -0.465 e. The summed E-state index contributed by atoms with van der Waals surface area (Å²) in [5, 5.41) is 0. The van der Waals surface area contributed by atoms with Gasteiger partial charge in [0.2, 0.25) is 0 Å². The number of rotatable bonds is 4. The van der Waals surface area contributed by atoms with Crippen LogP contribution >= 0.6 is 0 Å². The van der Waals surface area contributed by atoms with Crippen LogP contribution in [-0.2, 0) is 14.3 Å². The van der Waals surface area contributed by atoms with E-state index >= 15 is 0 Å². The molecule has 2 aliphatic heterocycles. The summed E-state index contributed by atoms with van der Waals surface area (Å²) in [5.74, 6) is 1.09. The van der Waals surface area contributed by atoms with Gasteiger partial charge in [-0.25, -0.2) is 0 Å². The zero-order valence-electron chi connectivity index (χ0n) is 15.7. The fourth-order valence-electron chi connectivity index (χ4n) is 5.19. The van der Waals surface area contributed by atoms with Crippen molar-refractivity contribution in [3.63, 3.8) is 0 Å². The number of piperidine rings is 1. The maximum atomic E-state index is 11.4. The lowest BCUT2D eigenvalue weighted by atomic mass is 9.56. The highest BCUT2D eigenvalue weighted by atomic mass is 16.5. The van der Waals surface area contributed by atoms with Gasteiger partial charge < -0.3 is 14.4 Å². The third-order valence-electron chi connectivity index (χ3n) is 6.79. The van der Waals surface area contributed by atoms with Gasteiger partial charge in [-0.15, -0.1) is 0 Å². The highest BCUT2D eigenvalue weighted by molar-refractivity contribution is 5.65. The lowest BCUT2D eigenvalue weighted by Crippen LogP contribution is -2.58. The molecule has 2 fully saturated rings. The van der Waals surface area contributed by atoms with Crippen LogP contribution in [0.5, 0.6) is 0 Å². The highest BCUT2D eigenvalue weighted by Gasteiger charge is 2.54. The van der Waals surface area contributed by atoms with Crippen LogP contribution in [0.15, 0.2) is 11.6 Å². The molecular formula is C20H33NO3. The molecular weight excluding hydrogens is 302 g/mol. The molecule has 0 aromatic heterocycles. The molecule has 5 atom stereocenters. The molecule has 1 aliphatic carbocycles. The average molecular weight is 335 g/mol. The van der Waals surface area contributed by atoms with Crippen LogP contribution in [0.4, 0.5) is 0 Å². The number of hydrogen-bond donors (Lipinski definition) is 0. The largest absolute Gasteiger partial charge is 0.465 e. The van der Waals surface area contributed by atoms with E-state index in [2.05, 4.69) is 31.7 Å². The number of hydrogen-bond acceptors (Lipinski definition) is 4. The van der Waals surface area contributed by atoms with Gasteiger partial charge in [-0.2, -0.15) is 0 Å². The summed E-state index contributed by atoms with van der Waals surface area (Å²) in [4.78, 5) is 13.9. The molecule has 3 rings (SSSR count). The van der Waals surface area contributed by atoms with E-state index in [0.717, 1.165) is 6.54 Å². The molecule has 0 unspecified atom stereocenters. The molecule has 0 radical (unpaired) electrons. The number of allylic oxidation sites excluding steroid dienone is 1. The Balaban J connectivity index is 1.77. The van der Waals surface area contributed by atoms with E-state index in [4.69, 9.17) is 9.47 Å². The molecule has 0 saturated carbocycles. The van der Waals surface area contributed by atoms with Gasteiger partial charge in [-0.05, 0) is 44.7 Å². The summed E-state index contributed by atoms with van der Waals surface area (Å²) in [5.41, 5.74) is 1.38. The third-order valence-corrected chi connectivity index (χ3v) is 6.79. The minimum absolute atomic E-state index is 0.0752. The quantitative estimate of drug-likeness (QED) is 0.584. The van der Waals surface area contributed by atoms with E-state index in [-0.39, 0.29) is 17.5 Å². The Morgan fingerprint density at radius 3 is 2.71 bits per heavy atom. The monoisotopic (exact) mass is 335 g/mol. The van der Waals surface area contributed by atoms with Crippen molar-refractivity contribution in [3.05, 3.63) is 11.6 Å². The normalized spacial score (nSPS) is 40.1. The summed E-state index contributed by atoms with van der Waals surface area (Å²) in [6, 6.07) is 0. The lowest BCUT2D eigenvalue weighted by Gasteiger charge is -2.55. The average Bonchev–Trinajstić information content (AvgIpc) is 2.54. The number of ether oxygens (including phenoxy) is 2. The second-order valence-electron chi connectivity index (χ2n) is 8.24. The van der Waals surface area contributed by atoms with E-state index in [9.17, 15) is 4.79 Å². The van der Waals surface area contributed by atoms with Crippen molar-refractivity contribution in [1.82, 2.24) is 4.90 Å². The van der Waals surface area contributed by atoms with Gasteiger partial charge in [0.15, 0.2) is 0 Å². The van der Waals surface area contributed by atoms with Crippen molar-refractivity contribution in [2.24, 2.45) is 23.2 Å².